The van der Waals surface area contributed by atoms with Crippen molar-refractivity contribution >= 4 is 34.7 Å². The van der Waals surface area contributed by atoms with Crippen LogP contribution in [0.5, 0.6) is 0 Å². The number of anilines is 1. The molecule has 1 aliphatic rings. The minimum atomic E-state index is -0.685. The first-order valence-corrected chi connectivity index (χ1v) is 11.2. The lowest BCUT2D eigenvalue weighted by Crippen LogP contribution is -2.39. The van der Waals surface area contributed by atoms with E-state index in [1.807, 2.05) is 6.92 Å². The molecule has 1 aromatic carbocycles. The van der Waals surface area contributed by atoms with E-state index in [0.717, 1.165) is 11.8 Å². The number of carbonyl (C=O) groups is 2. The predicted octanol–water partition coefficient (Wildman–Crippen LogP) is 3.81. The monoisotopic (exact) mass is 473 g/mol. The van der Waals surface area contributed by atoms with Crippen LogP contribution in [-0.2, 0) is 4.79 Å². The minimum Gasteiger partial charge on any atom is -0.389 e. The second-order valence-corrected chi connectivity index (χ2v) is 8.81. The van der Waals surface area contributed by atoms with Gasteiger partial charge >= 0.3 is 0 Å². The maximum atomic E-state index is 13.2. The van der Waals surface area contributed by atoms with Crippen molar-refractivity contribution in [3.63, 3.8) is 0 Å². The van der Waals surface area contributed by atoms with Crippen molar-refractivity contribution in [2.75, 3.05) is 5.32 Å². The molecule has 0 aliphatic heterocycles. The molecule has 33 heavy (non-hydrogen) atoms. The second kappa shape index (κ2) is 9.44. The highest BCUT2D eigenvalue weighted by Gasteiger charge is 2.28. The van der Waals surface area contributed by atoms with Crippen molar-refractivity contribution in [1.29, 1.82) is 0 Å². The number of aromatic nitrogens is 3. The van der Waals surface area contributed by atoms with Crippen LogP contribution in [0, 0.1) is 18.7 Å². The Kier molecular flexibility index (Phi) is 6.62. The van der Waals surface area contributed by atoms with Crippen LogP contribution in [0.3, 0.4) is 0 Å². The fraction of sp³-hybridized carbons (Fsp3) is 0.391. The zero-order chi connectivity index (χ0) is 23.7. The Balaban J connectivity index is 1.36. The van der Waals surface area contributed by atoms with Gasteiger partial charge < -0.3 is 15.7 Å². The highest BCUT2D eigenvalue weighted by molar-refractivity contribution is 6.33. The Bertz CT molecular complexity index is 1200. The number of benzene rings is 1. The van der Waals surface area contributed by atoms with Crippen molar-refractivity contribution < 1.29 is 19.1 Å². The van der Waals surface area contributed by atoms with Gasteiger partial charge in [-0.1, -0.05) is 11.6 Å². The molecule has 3 N–H and O–H groups in total. The summed E-state index contributed by atoms with van der Waals surface area (Å²) in [5.41, 5.74) is 2.55. The quantitative estimate of drug-likeness (QED) is 0.522. The number of halogens is 2. The normalized spacial score (nSPS) is 19.3. The van der Waals surface area contributed by atoms with Crippen LogP contribution in [0.2, 0.25) is 5.02 Å². The summed E-state index contributed by atoms with van der Waals surface area (Å²) in [6.07, 6.45) is 4.87. The number of rotatable bonds is 5. The molecule has 0 spiro atoms. The SMILES string of the molecule is Cc1c(C(C)O)cnc2c(C(=O)N[C@H]3CC[C@H](C(=O)Nc4ccc(F)cc4Cl)CC3)cnn12. The minimum absolute atomic E-state index is 0.0660. The molecule has 1 unspecified atom stereocenters. The molecule has 1 aliphatic carbocycles. The molecule has 2 amide bonds. The second-order valence-electron chi connectivity index (χ2n) is 8.40. The number of nitrogens with one attached hydrogen (secondary N) is 2. The summed E-state index contributed by atoms with van der Waals surface area (Å²) >= 11 is 5.99. The Morgan fingerprint density at radius 1 is 1.24 bits per heavy atom. The van der Waals surface area contributed by atoms with E-state index in [1.165, 1.54) is 18.3 Å². The number of aliphatic hydroxyl groups is 1. The van der Waals surface area contributed by atoms with Gasteiger partial charge in [-0.25, -0.2) is 13.9 Å². The summed E-state index contributed by atoms with van der Waals surface area (Å²) in [6, 6.07) is 3.78. The van der Waals surface area contributed by atoms with Gasteiger partial charge in [0, 0.05) is 29.4 Å². The highest BCUT2D eigenvalue weighted by atomic mass is 35.5. The standard InChI is InChI=1S/C23H25ClFN5O3/c1-12-17(13(2)31)10-26-21-18(11-27-30(12)21)23(33)28-16-6-3-14(4-7-16)22(32)29-20-8-5-15(25)9-19(20)24/h5,8-11,13-14,16,31H,3-4,6-7H2,1-2H3,(H,28,33)(H,29,32)/t13?,14-,16-. The molecule has 0 bridgehead atoms. The molecular formula is C23H25ClFN5O3. The molecule has 0 saturated heterocycles. The number of hydrogen-bond acceptors (Lipinski definition) is 5. The van der Waals surface area contributed by atoms with Crippen LogP contribution < -0.4 is 10.6 Å². The highest BCUT2D eigenvalue weighted by Crippen LogP contribution is 2.28. The number of fused-ring (bicyclic) bond motifs is 1. The first-order valence-electron chi connectivity index (χ1n) is 10.8. The zero-order valence-electron chi connectivity index (χ0n) is 18.3. The van der Waals surface area contributed by atoms with Gasteiger partial charge in [0.25, 0.3) is 5.91 Å². The molecule has 174 valence electrons. The van der Waals surface area contributed by atoms with Gasteiger partial charge in [0.1, 0.15) is 11.4 Å². The molecule has 10 heteroatoms. The third-order valence-electron chi connectivity index (χ3n) is 6.12. The number of hydrogen-bond donors (Lipinski definition) is 3. The summed E-state index contributed by atoms with van der Waals surface area (Å²) in [4.78, 5) is 29.8. The number of nitrogens with zero attached hydrogens (tertiary/aromatic N) is 3. The maximum Gasteiger partial charge on any atom is 0.256 e. The summed E-state index contributed by atoms with van der Waals surface area (Å²) in [5.74, 6) is -1.11. The van der Waals surface area contributed by atoms with Crippen molar-refractivity contribution in [2.45, 2.75) is 51.7 Å². The molecule has 3 aromatic rings. The van der Waals surface area contributed by atoms with Gasteiger partial charge in [-0.3, -0.25) is 9.59 Å². The van der Waals surface area contributed by atoms with E-state index in [4.69, 9.17) is 11.6 Å². The van der Waals surface area contributed by atoms with E-state index in [-0.39, 0.29) is 28.8 Å². The van der Waals surface area contributed by atoms with Crippen molar-refractivity contribution in [3.8, 4) is 0 Å². The summed E-state index contributed by atoms with van der Waals surface area (Å²) < 4.78 is 14.7. The van der Waals surface area contributed by atoms with E-state index in [2.05, 4.69) is 20.7 Å². The van der Waals surface area contributed by atoms with Crippen LogP contribution in [-0.4, -0.2) is 37.6 Å². The van der Waals surface area contributed by atoms with Gasteiger partial charge in [0.2, 0.25) is 5.91 Å². The van der Waals surface area contributed by atoms with Crippen LogP contribution in [0.15, 0.2) is 30.6 Å². The molecule has 2 heterocycles. The molecule has 1 fully saturated rings. The van der Waals surface area contributed by atoms with E-state index < -0.39 is 11.9 Å². The van der Waals surface area contributed by atoms with Crippen LogP contribution in [0.4, 0.5) is 10.1 Å². The van der Waals surface area contributed by atoms with Gasteiger partial charge in [-0.15, -0.1) is 0 Å². The molecule has 1 saturated carbocycles. The average molecular weight is 474 g/mol. The number of carbonyl (C=O) groups excluding carboxylic acids is 2. The Labute approximate surface area is 195 Å². The fourth-order valence-electron chi connectivity index (χ4n) is 4.22. The maximum absolute atomic E-state index is 13.2. The number of aliphatic hydroxyl groups excluding tert-OH is 1. The molecular weight excluding hydrogens is 449 g/mol. The van der Waals surface area contributed by atoms with Gasteiger partial charge in [0.15, 0.2) is 5.65 Å². The number of aryl methyl sites for hydroxylation is 1. The van der Waals surface area contributed by atoms with Gasteiger partial charge in [-0.05, 0) is 57.7 Å². The summed E-state index contributed by atoms with van der Waals surface area (Å²) in [6.45, 7) is 3.47. The summed E-state index contributed by atoms with van der Waals surface area (Å²) in [5, 5.41) is 20.0. The zero-order valence-corrected chi connectivity index (χ0v) is 19.1. The van der Waals surface area contributed by atoms with Crippen LogP contribution in [0.25, 0.3) is 5.65 Å². The first kappa shape index (κ1) is 23.1. The third-order valence-corrected chi connectivity index (χ3v) is 6.43. The van der Waals surface area contributed by atoms with Crippen molar-refractivity contribution in [2.24, 2.45) is 5.92 Å². The lowest BCUT2D eigenvalue weighted by Gasteiger charge is -2.28. The van der Waals surface area contributed by atoms with Crippen LogP contribution in [0.1, 0.15) is 60.3 Å². The lowest BCUT2D eigenvalue weighted by molar-refractivity contribution is -0.120. The lowest BCUT2D eigenvalue weighted by atomic mass is 9.85. The van der Waals surface area contributed by atoms with Crippen molar-refractivity contribution in [1.82, 2.24) is 19.9 Å². The third kappa shape index (κ3) is 4.84. The molecule has 0 radical (unpaired) electrons. The average Bonchev–Trinajstić information content (AvgIpc) is 3.21. The smallest absolute Gasteiger partial charge is 0.256 e. The van der Waals surface area contributed by atoms with E-state index in [1.54, 1.807) is 17.6 Å². The van der Waals surface area contributed by atoms with E-state index >= 15 is 0 Å². The Hall–Kier alpha value is -3.04. The topological polar surface area (TPSA) is 109 Å². The summed E-state index contributed by atoms with van der Waals surface area (Å²) in [7, 11) is 0. The molecule has 4 rings (SSSR count). The largest absolute Gasteiger partial charge is 0.389 e. The van der Waals surface area contributed by atoms with E-state index in [0.29, 0.717) is 48.1 Å². The Morgan fingerprint density at radius 3 is 2.64 bits per heavy atom. The van der Waals surface area contributed by atoms with Crippen LogP contribution >= 0.6 is 11.6 Å². The first-order chi connectivity index (χ1) is 15.7. The molecule has 2 aromatic heterocycles. The van der Waals surface area contributed by atoms with Crippen molar-refractivity contribution in [3.05, 3.63) is 58.3 Å². The fourth-order valence-corrected chi connectivity index (χ4v) is 4.43. The Morgan fingerprint density at radius 2 is 1.97 bits per heavy atom. The van der Waals surface area contributed by atoms with Gasteiger partial charge in [-0.2, -0.15) is 5.10 Å². The number of amides is 2. The molecule has 8 nitrogen and oxygen atoms in total. The van der Waals surface area contributed by atoms with Gasteiger partial charge in [0.05, 0.1) is 23.0 Å². The predicted molar refractivity (Wildman–Crippen MR) is 122 cm³/mol. The van der Waals surface area contributed by atoms with E-state index in [9.17, 15) is 19.1 Å². The molecule has 1 atom stereocenters.